The average Bonchev–Trinajstić information content (AvgIpc) is 2.28. The topological polar surface area (TPSA) is 66.4 Å². The smallest absolute Gasteiger partial charge is 0.313 e. The Balaban J connectivity index is 2.42. The van der Waals surface area contributed by atoms with Crippen molar-refractivity contribution in [2.75, 3.05) is 11.5 Å². The Labute approximate surface area is 111 Å². The van der Waals surface area contributed by atoms with Gasteiger partial charge in [-0.1, -0.05) is 29.8 Å². The molecule has 1 aromatic rings. The summed E-state index contributed by atoms with van der Waals surface area (Å²) >= 11 is 1.10. The number of hydrogen-bond acceptors (Lipinski definition) is 3. The molecule has 98 valence electrons. The van der Waals surface area contributed by atoms with Gasteiger partial charge in [-0.05, 0) is 19.4 Å². The maximum atomic E-state index is 11.6. The minimum Gasteiger partial charge on any atom is -0.481 e. The molecule has 0 aromatic heterocycles. The first-order chi connectivity index (χ1) is 8.49. The fourth-order valence-electron chi connectivity index (χ4n) is 1.54. The maximum Gasteiger partial charge on any atom is 0.313 e. The van der Waals surface area contributed by atoms with E-state index < -0.39 is 5.97 Å². The number of carboxylic acids is 1. The summed E-state index contributed by atoms with van der Waals surface area (Å²) < 4.78 is 0. The first-order valence-electron chi connectivity index (χ1n) is 5.64. The van der Waals surface area contributed by atoms with Crippen LogP contribution in [0, 0.1) is 6.92 Å². The number of nitrogens with one attached hydrogen (secondary N) is 1. The van der Waals surface area contributed by atoms with Crippen LogP contribution in [0.15, 0.2) is 24.3 Å². The number of carbonyl (C=O) groups excluding carboxylic acids is 1. The van der Waals surface area contributed by atoms with Crippen molar-refractivity contribution in [2.45, 2.75) is 19.9 Å². The average molecular weight is 267 g/mol. The van der Waals surface area contributed by atoms with E-state index in [1.807, 2.05) is 38.1 Å². The van der Waals surface area contributed by atoms with E-state index in [-0.39, 0.29) is 23.5 Å². The van der Waals surface area contributed by atoms with Gasteiger partial charge in [0.2, 0.25) is 5.91 Å². The summed E-state index contributed by atoms with van der Waals surface area (Å²) in [5.41, 5.74) is 2.19. The molecule has 2 N–H and O–H groups in total. The minimum atomic E-state index is -0.903. The molecule has 0 radical (unpaired) electrons. The lowest BCUT2D eigenvalue weighted by Gasteiger charge is -2.14. The molecule has 18 heavy (non-hydrogen) atoms. The van der Waals surface area contributed by atoms with E-state index in [0.29, 0.717) is 0 Å². The van der Waals surface area contributed by atoms with Gasteiger partial charge in [-0.2, -0.15) is 0 Å². The second-order valence-corrected chi connectivity index (χ2v) is 5.08. The lowest BCUT2D eigenvalue weighted by molar-refractivity contribution is -0.133. The van der Waals surface area contributed by atoms with Gasteiger partial charge in [-0.15, -0.1) is 11.8 Å². The standard InChI is InChI=1S/C13H17NO3S/c1-9-4-3-5-11(6-9)10(2)14-12(15)7-18-8-13(16)17/h3-6,10H,7-8H2,1-2H3,(H,14,15)(H,16,17)/t10-/m1/s1. The van der Waals surface area contributed by atoms with Gasteiger partial charge in [-0.3, -0.25) is 9.59 Å². The number of hydrogen-bond donors (Lipinski definition) is 2. The van der Waals surface area contributed by atoms with E-state index >= 15 is 0 Å². The Morgan fingerprint density at radius 3 is 2.72 bits per heavy atom. The summed E-state index contributed by atoms with van der Waals surface area (Å²) in [5, 5.41) is 11.3. The van der Waals surface area contributed by atoms with Crippen LogP contribution in [0.5, 0.6) is 0 Å². The molecule has 0 unspecified atom stereocenters. The quantitative estimate of drug-likeness (QED) is 0.827. The first-order valence-corrected chi connectivity index (χ1v) is 6.80. The van der Waals surface area contributed by atoms with Gasteiger partial charge >= 0.3 is 5.97 Å². The largest absolute Gasteiger partial charge is 0.481 e. The maximum absolute atomic E-state index is 11.6. The highest BCUT2D eigenvalue weighted by atomic mass is 32.2. The summed E-state index contributed by atoms with van der Waals surface area (Å²) in [4.78, 5) is 21.9. The van der Waals surface area contributed by atoms with Crippen LogP contribution in [0.4, 0.5) is 0 Å². The monoisotopic (exact) mass is 267 g/mol. The molecule has 0 aliphatic rings. The third-order valence-corrected chi connectivity index (χ3v) is 3.30. The number of amides is 1. The van der Waals surface area contributed by atoms with Crippen molar-refractivity contribution in [3.05, 3.63) is 35.4 Å². The van der Waals surface area contributed by atoms with Gasteiger partial charge in [0.15, 0.2) is 0 Å². The first kappa shape index (κ1) is 14.6. The van der Waals surface area contributed by atoms with Crippen molar-refractivity contribution >= 4 is 23.6 Å². The summed E-state index contributed by atoms with van der Waals surface area (Å²) in [6.45, 7) is 3.91. The molecule has 0 aliphatic heterocycles. The van der Waals surface area contributed by atoms with Crippen LogP contribution < -0.4 is 5.32 Å². The number of thioether (sulfide) groups is 1. The highest BCUT2D eigenvalue weighted by Crippen LogP contribution is 2.13. The van der Waals surface area contributed by atoms with Gasteiger partial charge in [0, 0.05) is 0 Å². The Hall–Kier alpha value is -1.49. The van der Waals surface area contributed by atoms with Crippen LogP contribution >= 0.6 is 11.8 Å². The second kappa shape index (κ2) is 7.06. The Bertz CT molecular complexity index is 434. The number of benzene rings is 1. The van der Waals surface area contributed by atoms with Crippen LogP contribution in [0.3, 0.4) is 0 Å². The molecular weight excluding hydrogens is 250 g/mol. The third-order valence-electron chi connectivity index (χ3n) is 2.38. The van der Waals surface area contributed by atoms with E-state index in [4.69, 9.17) is 5.11 Å². The van der Waals surface area contributed by atoms with E-state index in [1.165, 1.54) is 0 Å². The number of aliphatic carboxylic acids is 1. The SMILES string of the molecule is Cc1cccc([C@@H](C)NC(=O)CSCC(=O)O)c1. The molecule has 1 rings (SSSR count). The fourth-order valence-corrected chi connectivity index (χ4v) is 2.08. The minimum absolute atomic E-state index is 0.0494. The van der Waals surface area contributed by atoms with Gasteiger partial charge in [0.25, 0.3) is 0 Å². The second-order valence-electron chi connectivity index (χ2n) is 4.09. The molecule has 0 bridgehead atoms. The summed E-state index contributed by atoms with van der Waals surface area (Å²) in [7, 11) is 0. The number of rotatable bonds is 6. The lowest BCUT2D eigenvalue weighted by Crippen LogP contribution is -2.28. The highest BCUT2D eigenvalue weighted by molar-refractivity contribution is 8.00. The zero-order valence-corrected chi connectivity index (χ0v) is 11.3. The lowest BCUT2D eigenvalue weighted by atomic mass is 10.1. The van der Waals surface area contributed by atoms with Crippen molar-refractivity contribution in [3.8, 4) is 0 Å². The molecule has 4 nitrogen and oxygen atoms in total. The van der Waals surface area contributed by atoms with Gasteiger partial charge in [0.1, 0.15) is 0 Å². The zero-order valence-electron chi connectivity index (χ0n) is 10.5. The van der Waals surface area contributed by atoms with Crippen LogP contribution in [-0.4, -0.2) is 28.5 Å². The molecule has 1 atom stereocenters. The summed E-state index contributed by atoms with van der Waals surface area (Å²) in [6.07, 6.45) is 0. The predicted octanol–water partition coefficient (Wildman–Crippen LogP) is 1.99. The van der Waals surface area contributed by atoms with Crippen LogP contribution in [0.25, 0.3) is 0 Å². The number of carbonyl (C=O) groups is 2. The van der Waals surface area contributed by atoms with Crippen molar-refractivity contribution in [1.29, 1.82) is 0 Å². The van der Waals surface area contributed by atoms with E-state index in [2.05, 4.69) is 5.32 Å². The van der Waals surface area contributed by atoms with E-state index in [0.717, 1.165) is 22.9 Å². The van der Waals surface area contributed by atoms with Crippen molar-refractivity contribution < 1.29 is 14.7 Å². The molecule has 1 aromatic carbocycles. The Morgan fingerprint density at radius 1 is 1.39 bits per heavy atom. The zero-order chi connectivity index (χ0) is 13.5. The molecule has 0 heterocycles. The molecule has 0 saturated carbocycles. The van der Waals surface area contributed by atoms with Crippen molar-refractivity contribution in [1.82, 2.24) is 5.32 Å². The molecule has 0 spiro atoms. The third kappa shape index (κ3) is 5.23. The van der Waals surface area contributed by atoms with Crippen LogP contribution in [-0.2, 0) is 9.59 Å². The van der Waals surface area contributed by atoms with Crippen LogP contribution in [0.2, 0.25) is 0 Å². The van der Waals surface area contributed by atoms with Crippen LogP contribution in [0.1, 0.15) is 24.1 Å². The van der Waals surface area contributed by atoms with E-state index in [9.17, 15) is 9.59 Å². The molecule has 5 heteroatoms. The van der Waals surface area contributed by atoms with Gasteiger partial charge in [0.05, 0.1) is 17.5 Å². The molecule has 0 aliphatic carbocycles. The normalized spacial score (nSPS) is 11.9. The van der Waals surface area contributed by atoms with Crippen molar-refractivity contribution in [2.24, 2.45) is 0 Å². The predicted molar refractivity (Wildman–Crippen MR) is 72.7 cm³/mol. The summed E-state index contributed by atoms with van der Waals surface area (Å²) in [6, 6.07) is 7.87. The Morgan fingerprint density at radius 2 is 2.11 bits per heavy atom. The highest BCUT2D eigenvalue weighted by Gasteiger charge is 2.10. The molecule has 1 amide bonds. The molecular formula is C13H17NO3S. The fraction of sp³-hybridized carbons (Fsp3) is 0.385. The Kier molecular flexibility index (Phi) is 5.71. The van der Waals surface area contributed by atoms with Crippen molar-refractivity contribution in [3.63, 3.8) is 0 Å². The van der Waals surface area contributed by atoms with Gasteiger partial charge < -0.3 is 10.4 Å². The number of aryl methyl sites for hydroxylation is 1. The summed E-state index contributed by atoms with van der Waals surface area (Å²) in [5.74, 6) is -0.927. The molecule has 0 fully saturated rings. The molecule has 0 saturated heterocycles. The van der Waals surface area contributed by atoms with Gasteiger partial charge in [-0.25, -0.2) is 0 Å². The number of carboxylic acid groups (broad SMARTS) is 1. The van der Waals surface area contributed by atoms with E-state index in [1.54, 1.807) is 0 Å².